The van der Waals surface area contributed by atoms with Crippen LogP contribution in [0, 0.1) is 6.92 Å². The summed E-state index contributed by atoms with van der Waals surface area (Å²) in [6, 6.07) is 12.2. The normalized spacial score (nSPS) is 15.0. The summed E-state index contributed by atoms with van der Waals surface area (Å²) in [5, 5.41) is 0. The standard InChI is InChI=1S/C25H27N3O3/c1-17-4-9-24(27-15-17)28(2)20-7-8-21-18(11-13-31-23(21)14-20)5-6-19-16-26-12-10-22(19)25(29)30-3/h4,7-10,12,14-16,18H,5-6,11,13H2,1-3H3/t18-/m1/s1. The van der Waals surface area contributed by atoms with Crippen molar-refractivity contribution in [1.29, 1.82) is 0 Å². The van der Waals surface area contributed by atoms with Gasteiger partial charge in [-0.15, -0.1) is 0 Å². The number of anilines is 2. The fraction of sp³-hybridized carbons (Fsp3) is 0.320. The topological polar surface area (TPSA) is 64.6 Å². The van der Waals surface area contributed by atoms with E-state index in [-0.39, 0.29) is 5.97 Å². The molecular formula is C25H27N3O3. The minimum atomic E-state index is -0.317. The molecule has 3 aromatic rings. The molecule has 6 nitrogen and oxygen atoms in total. The molecule has 0 unspecified atom stereocenters. The van der Waals surface area contributed by atoms with Gasteiger partial charge in [-0.3, -0.25) is 4.98 Å². The maximum Gasteiger partial charge on any atom is 0.338 e. The number of pyridine rings is 2. The maximum atomic E-state index is 12.0. The summed E-state index contributed by atoms with van der Waals surface area (Å²) in [4.78, 5) is 22.8. The number of carbonyl (C=O) groups excluding carboxylic acids is 1. The lowest BCUT2D eigenvalue weighted by molar-refractivity contribution is 0.0599. The number of benzene rings is 1. The van der Waals surface area contributed by atoms with Gasteiger partial charge in [-0.1, -0.05) is 12.1 Å². The molecule has 2 aromatic heterocycles. The number of methoxy groups -OCH3 is 1. The van der Waals surface area contributed by atoms with E-state index in [0.717, 1.165) is 47.6 Å². The van der Waals surface area contributed by atoms with E-state index in [1.165, 1.54) is 12.7 Å². The van der Waals surface area contributed by atoms with Crippen molar-refractivity contribution in [3.8, 4) is 5.75 Å². The first-order valence-corrected chi connectivity index (χ1v) is 10.5. The Hall–Kier alpha value is -3.41. The third-order valence-corrected chi connectivity index (χ3v) is 5.86. The smallest absolute Gasteiger partial charge is 0.338 e. The minimum Gasteiger partial charge on any atom is -0.493 e. The third kappa shape index (κ3) is 4.53. The lowest BCUT2D eigenvalue weighted by Crippen LogP contribution is -2.17. The molecule has 0 aliphatic carbocycles. The number of esters is 1. The van der Waals surface area contributed by atoms with E-state index in [2.05, 4.69) is 39.1 Å². The molecule has 4 rings (SSSR count). The summed E-state index contributed by atoms with van der Waals surface area (Å²) in [6.07, 6.45) is 7.89. The summed E-state index contributed by atoms with van der Waals surface area (Å²) < 4.78 is 10.9. The Morgan fingerprint density at radius 2 is 2.10 bits per heavy atom. The van der Waals surface area contributed by atoms with Crippen molar-refractivity contribution in [1.82, 2.24) is 9.97 Å². The Balaban J connectivity index is 1.51. The van der Waals surface area contributed by atoms with Crippen molar-refractivity contribution < 1.29 is 14.3 Å². The molecule has 0 radical (unpaired) electrons. The van der Waals surface area contributed by atoms with E-state index in [0.29, 0.717) is 18.1 Å². The molecule has 1 aromatic carbocycles. The van der Waals surface area contributed by atoms with Gasteiger partial charge in [-0.2, -0.15) is 0 Å². The van der Waals surface area contributed by atoms with Gasteiger partial charge in [0, 0.05) is 37.4 Å². The molecule has 31 heavy (non-hydrogen) atoms. The second-order valence-electron chi connectivity index (χ2n) is 7.87. The lowest BCUT2D eigenvalue weighted by atomic mass is 9.87. The Morgan fingerprint density at radius 3 is 2.87 bits per heavy atom. The Kier molecular flexibility index (Phi) is 6.16. The summed E-state index contributed by atoms with van der Waals surface area (Å²) in [7, 11) is 3.42. The van der Waals surface area contributed by atoms with Crippen LogP contribution in [0.2, 0.25) is 0 Å². The number of nitrogens with zero attached hydrogens (tertiary/aromatic N) is 3. The van der Waals surface area contributed by atoms with Crippen molar-refractivity contribution in [3.63, 3.8) is 0 Å². The molecule has 6 heteroatoms. The molecule has 1 atom stereocenters. The molecule has 0 fully saturated rings. The third-order valence-electron chi connectivity index (χ3n) is 5.86. The molecule has 0 saturated heterocycles. The molecule has 3 heterocycles. The predicted molar refractivity (Wildman–Crippen MR) is 120 cm³/mol. The van der Waals surface area contributed by atoms with Gasteiger partial charge in [-0.05, 0) is 67.0 Å². The van der Waals surface area contributed by atoms with E-state index in [1.54, 1.807) is 18.5 Å². The summed E-state index contributed by atoms with van der Waals surface area (Å²) >= 11 is 0. The fourth-order valence-electron chi connectivity index (χ4n) is 4.02. The zero-order valence-electron chi connectivity index (χ0n) is 18.2. The van der Waals surface area contributed by atoms with Crippen LogP contribution in [0.1, 0.15) is 45.8 Å². The average molecular weight is 418 g/mol. The highest BCUT2D eigenvalue weighted by molar-refractivity contribution is 5.90. The first-order valence-electron chi connectivity index (χ1n) is 10.5. The van der Waals surface area contributed by atoms with Crippen LogP contribution in [-0.4, -0.2) is 36.7 Å². The van der Waals surface area contributed by atoms with E-state index in [4.69, 9.17) is 9.47 Å². The quantitative estimate of drug-likeness (QED) is 0.535. The van der Waals surface area contributed by atoms with Crippen LogP contribution in [0.3, 0.4) is 0 Å². The monoisotopic (exact) mass is 417 g/mol. The van der Waals surface area contributed by atoms with Crippen molar-refractivity contribution in [2.45, 2.75) is 32.1 Å². The molecule has 0 amide bonds. The molecular weight excluding hydrogens is 390 g/mol. The van der Waals surface area contributed by atoms with Gasteiger partial charge in [-0.25, -0.2) is 9.78 Å². The van der Waals surface area contributed by atoms with Gasteiger partial charge in [0.1, 0.15) is 11.6 Å². The van der Waals surface area contributed by atoms with E-state index < -0.39 is 0 Å². The number of fused-ring (bicyclic) bond motifs is 1. The zero-order valence-corrected chi connectivity index (χ0v) is 18.2. The van der Waals surface area contributed by atoms with Crippen molar-refractivity contribution >= 4 is 17.5 Å². The van der Waals surface area contributed by atoms with Crippen molar-refractivity contribution in [3.05, 3.63) is 77.2 Å². The summed E-state index contributed by atoms with van der Waals surface area (Å²) in [5.41, 5.74) is 4.90. The molecule has 1 aliphatic heterocycles. The maximum absolute atomic E-state index is 12.0. The number of hydrogen-bond donors (Lipinski definition) is 0. The zero-order chi connectivity index (χ0) is 21.8. The average Bonchev–Trinajstić information content (AvgIpc) is 2.82. The van der Waals surface area contributed by atoms with Crippen LogP contribution < -0.4 is 9.64 Å². The summed E-state index contributed by atoms with van der Waals surface area (Å²) in [5.74, 6) is 1.87. The van der Waals surface area contributed by atoms with Crippen LogP contribution >= 0.6 is 0 Å². The Bertz CT molecular complexity index is 1070. The van der Waals surface area contributed by atoms with Gasteiger partial charge >= 0.3 is 5.97 Å². The SMILES string of the molecule is COC(=O)c1ccncc1CC[C@@H]1CCOc2cc(N(C)c3ccc(C)cn3)ccc21. The van der Waals surface area contributed by atoms with Gasteiger partial charge < -0.3 is 14.4 Å². The first-order chi connectivity index (χ1) is 15.1. The predicted octanol–water partition coefficient (Wildman–Crippen LogP) is 4.84. The van der Waals surface area contributed by atoms with Gasteiger partial charge in [0.25, 0.3) is 0 Å². The first kappa shape index (κ1) is 20.8. The molecule has 0 N–H and O–H groups in total. The highest BCUT2D eigenvalue weighted by atomic mass is 16.5. The van der Waals surface area contributed by atoms with Crippen LogP contribution in [0.5, 0.6) is 5.75 Å². The number of carbonyl (C=O) groups is 1. The second-order valence-corrected chi connectivity index (χ2v) is 7.87. The number of rotatable bonds is 6. The number of ether oxygens (including phenoxy) is 2. The van der Waals surface area contributed by atoms with E-state index >= 15 is 0 Å². The van der Waals surface area contributed by atoms with Gasteiger partial charge in [0.05, 0.1) is 19.3 Å². The number of aromatic nitrogens is 2. The lowest BCUT2D eigenvalue weighted by Gasteiger charge is -2.28. The fourth-order valence-corrected chi connectivity index (χ4v) is 4.02. The molecule has 160 valence electrons. The Morgan fingerprint density at radius 1 is 1.23 bits per heavy atom. The molecule has 0 bridgehead atoms. The van der Waals surface area contributed by atoms with Crippen LogP contribution in [0.4, 0.5) is 11.5 Å². The number of aryl methyl sites for hydroxylation is 2. The second kappa shape index (κ2) is 9.16. The van der Waals surface area contributed by atoms with Crippen LogP contribution in [0.25, 0.3) is 0 Å². The van der Waals surface area contributed by atoms with Crippen molar-refractivity contribution in [2.24, 2.45) is 0 Å². The van der Waals surface area contributed by atoms with Gasteiger partial charge in [0.2, 0.25) is 0 Å². The molecule has 0 saturated carbocycles. The van der Waals surface area contributed by atoms with Crippen LogP contribution in [-0.2, 0) is 11.2 Å². The minimum absolute atomic E-state index is 0.317. The van der Waals surface area contributed by atoms with Crippen LogP contribution in [0.15, 0.2) is 55.0 Å². The number of hydrogen-bond acceptors (Lipinski definition) is 6. The highest BCUT2D eigenvalue weighted by Gasteiger charge is 2.23. The Labute approximate surface area is 182 Å². The largest absolute Gasteiger partial charge is 0.493 e. The molecule has 0 spiro atoms. The molecule has 1 aliphatic rings. The highest BCUT2D eigenvalue weighted by Crippen LogP contribution is 2.39. The summed E-state index contributed by atoms with van der Waals surface area (Å²) in [6.45, 7) is 2.72. The van der Waals surface area contributed by atoms with E-state index in [1.807, 2.05) is 26.2 Å². The van der Waals surface area contributed by atoms with Gasteiger partial charge in [0.15, 0.2) is 0 Å². The van der Waals surface area contributed by atoms with E-state index in [9.17, 15) is 4.79 Å². The van der Waals surface area contributed by atoms with Crippen molar-refractivity contribution in [2.75, 3.05) is 25.7 Å².